The van der Waals surface area contributed by atoms with Crippen molar-refractivity contribution in [2.24, 2.45) is 0 Å². The Bertz CT molecular complexity index is 698. The summed E-state index contributed by atoms with van der Waals surface area (Å²) in [6, 6.07) is 17.3. The van der Waals surface area contributed by atoms with Crippen LogP contribution in [-0.4, -0.2) is 12.4 Å². The molecule has 0 N–H and O–H groups in total. The molecular weight excluding hydrogens is 322 g/mol. The average Bonchev–Trinajstić information content (AvgIpc) is 2.70. The molecule has 0 saturated carbocycles. The molecule has 2 rings (SSSR count). The van der Waals surface area contributed by atoms with Gasteiger partial charge in [0.25, 0.3) is 0 Å². The molecule has 26 heavy (non-hydrogen) atoms. The maximum Gasteiger partial charge on any atom is 0.160 e. The summed E-state index contributed by atoms with van der Waals surface area (Å²) < 4.78 is 5.81. The first-order valence-corrected chi connectivity index (χ1v) is 9.49. The van der Waals surface area contributed by atoms with Gasteiger partial charge >= 0.3 is 0 Å². The van der Waals surface area contributed by atoms with Gasteiger partial charge in [0, 0.05) is 0 Å². The maximum absolute atomic E-state index is 11.3. The lowest BCUT2D eigenvalue weighted by molar-refractivity contribution is -0.114. The summed E-state index contributed by atoms with van der Waals surface area (Å²) in [7, 11) is 0. The highest BCUT2D eigenvalue weighted by molar-refractivity contribution is 5.65. The minimum Gasteiger partial charge on any atom is -0.483 e. The van der Waals surface area contributed by atoms with E-state index < -0.39 is 0 Å². The topological polar surface area (TPSA) is 50.1 Å². The second-order valence-electron chi connectivity index (χ2n) is 6.56. The maximum atomic E-state index is 11.3. The van der Waals surface area contributed by atoms with Gasteiger partial charge in [-0.15, -0.1) is 0 Å². The summed E-state index contributed by atoms with van der Waals surface area (Å²) in [5, 5.41) is 8.86. The number of carbonyl (C=O) groups is 1. The van der Waals surface area contributed by atoms with Crippen LogP contribution in [0.2, 0.25) is 0 Å². The molecule has 0 aliphatic carbocycles. The molecule has 0 aliphatic rings. The fourth-order valence-electron chi connectivity index (χ4n) is 2.92. The van der Waals surface area contributed by atoms with E-state index in [0.717, 1.165) is 36.7 Å². The molecular formula is C23H27NO2. The van der Waals surface area contributed by atoms with Crippen molar-refractivity contribution in [2.45, 2.75) is 58.0 Å². The number of nitriles is 1. The van der Waals surface area contributed by atoms with Crippen LogP contribution in [0.1, 0.15) is 57.4 Å². The summed E-state index contributed by atoms with van der Waals surface area (Å²) in [6.45, 7) is 2.21. The Morgan fingerprint density at radius 2 is 1.50 bits per heavy atom. The number of hydrogen-bond donors (Lipinski definition) is 0. The lowest BCUT2D eigenvalue weighted by Gasteiger charge is -2.14. The smallest absolute Gasteiger partial charge is 0.160 e. The second-order valence-corrected chi connectivity index (χ2v) is 6.56. The van der Waals surface area contributed by atoms with Gasteiger partial charge < -0.3 is 4.74 Å². The Kier molecular flexibility index (Phi) is 8.42. The van der Waals surface area contributed by atoms with E-state index in [0.29, 0.717) is 11.3 Å². The number of carbonyl (C=O) groups excluding carboxylic acids is 1. The van der Waals surface area contributed by atoms with Gasteiger partial charge in [-0.3, -0.25) is 4.79 Å². The van der Waals surface area contributed by atoms with Crippen LogP contribution in [0.4, 0.5) is 0 Å². The second kappa shape index (κ2) is 11.1. The van der Waals surface area contributed by atoms with Gasteiger partial charge in [-0.05, 0) is 48.2 Å². The summed E-state index contributed by atoms with van der Waals surface area (Å²) in [4.78, 5) is 11.3. The van der Waals surface area contributed by atoms with E-state index >= 15 is 0 Å². The zero-order valence-corrected chi connectivity index (χ0v) is 15.5. The van der Waals surface area contributed by atoms with Crippen LogP contribution < -0.4 is 4.74 Å². The first kappa shape index (κ1) is 19.7. The minimum atomic E-state index is -0.373. The molecule has 0 radical (unpaired) electrons. The average molecular weight is 349 g/mol. The van der Waals surface area contributed by atoms with E-state index in [1.165, 1.54) is 25.7 Å². The number of benzene rings is 2. The molecule has 0 amide bonds. The van der Waals surface area contributed by atoms with Gasteiger partial charge in [0.1, 0.15) is 5.75 Å². The summed E-state index contributed by atoms with van der Waals surface area (Å²) in [5.41, 5.74) is 2.76. The Labute approximate surface area is 156 Å². The molecule has 2 aromatic rings. The van der Waals surface area contributed by atoms with Gasteiger partial charge in [0.2, 0.25) is 0 Å². The first-order valence-electron chi connectivity index (χ1n) is 9.49. The Morgan fingerprint density at radius 3 is 2.08 bits per heavy atom. The third-order valence-corrected chi connectivity index (χ3v) is 4.48. The van der Waals surface area contributed by atoms with Crippen molar-refractivity contribution in [2.75, 3.05) is 0 Å². The van der Waals surface area contributed by atoms with E-state index in [1.807, 2.05) is 48.5 Å². The van der Waals surface area contributed by atoms with Crippen molar-refractivity contribution in [3.05, 3.63) is 54.1 Å². The Morgan fingerprint density at radius 1 is 0.923 bits per heavy atom. The van der Waals surface area contributed by atoms with Crippen molar-refractivity contribution in [3.8, 4) is 22.9 Å². The third-order valence-electron chi connectivity index (χ3n) is 4.48. The quantitative estimate of drug-likeness (QED) is 0.373. The van der Waals surface area contributed by atoms with Gasteiger partial charge in [0.05, 0.1) is 11.6 Å². The van der Waals surface area contributed by atoms with Gasteiger partial charge in [0.15, 0.2) is 12.4 Å². The van der Waals surface area contributed by atoms with E-state index in [1.54, 1.807) is 0 Å². The predicted molar refractivity (Wildman–Crippen MR) is 105 cm³/mol. The molecule has 3 nitrogen and oxygen atoms in total. The molecule has 1 atom stereocenters. The molecule has 0 aromatic heterocycles. The van der Waals surface area contributed by atoms with E-state index in [4.69, 9.17) is 10.00 Å². The van der Waals surface area contributed by atoms with Crippen LogP contribution in [0.15, 0.2) is 48.5 Å². The van der Waals surface area contributed by atoms with Crippen molar-refractivity contribution in [3.63, 3.8) is 0 Å². The molecule has 0 saturated heterocycles. The zero-order valence-electron chi connectivity index (χ0n) is 15.5. The lowest BCUT2D eigenvalue weighted by atomic mass is 10.0. The number of ether oxygens (including phenoxy) is 1. The zero-order chi connectivity index (χ0) is 18.6. The predicted octanol–water partition coefficient (Wildman–Crippen LogP) is 5.92. The Balaban J connectivity index is 1.84. The molecule has 0 fully saturated rings. The van der Waals surface area contributed by atoms with Gasteiger partial charge in [-0.2, -0.15) is 5.26 Å². The van der Waals surface area contributed by atoms with E-state index in [2.05, 4.69) is 13.0 Å². The summed E-state index contributed by atoms with van der Waals surface area (Å²) in [5.74, 6) is 0.713. The van der Waals surface area contributed by atoms with Crippen LogP contribution in [0, 0.1) is 11.3 Å². The number of hydrogen-bond acceptors (Lipinski definition) is 3. The summed E-state index contributed by atoms with van der Waals surface area (Å²) >= 11 is 0. The van der Waals surface area contributed by atoms with Crippen molar-refractivity contribution in [1.29, 1.82) is 5.26 Å². The van der Waals surface area contributed by atoms with E-state index in [-0.39, 0.29) is 6.10 Å². The number of rotatable bonds is 11. The fraction of sp³-hybridized carbons (Fsp3) is 0.391. The van der Waals surface area contributed by atoms with Crippen molar-refractivity contribution < 1.29 is 9.53 Å². The van der Waals surface area contributed by atoms with Crippen molar-refractivity contribution in [1.82, 2.24) is 0 Å². The normalized spacial score (nSPS) is 11.5. The molecule has 2 aromatic carbocycles. The first-order chi connectivity index (χ1) is 12.8. The third kappa shape index (κ3) is 6.37. The number of nitrogens with zero attached hydrogens (tertiary/aromatic N) is 1. The lowest BCUT2D eigenvalue weighted by Crippen LogP contribution is -2.17. The largest absolute Gasteiger partial charge is 0.483 e. The molecule has 1 unspecified atom stereocenters. The van der Waals surface area contributed by atoms with Crippen molar-refractivity contribution >= 4 is 6.29 Å². The molecule has 0 aliphatic heterocycles. The standard InChI is InChI=1S/C23H27NO2/c1-2-3-4-5-6-7-8-23(18-25)26-22-15-13-21(14-16-22)20-11-9-19(17-24)10-12-20/h9-16,18,23H,2-8H2,1H3. The molecule has 3 heteroatoms. The highest BCUT2D eigenvalue weighted by Gasteiger charge is 2.09. The monoisotopic (exact) mass is 349 g/mol. The Hall–Kier alpha value is -2.60. The SMILES string of the molecule is CCCCCCCCC(C=O)Oc1ccc(-c2ccc(C#N)cc2)cc1. The van der Waals surface area contributed by atoms with Crippen LogP contribution in [0.5, 0.6) is 5.75 Å². The fourth-order valence-corrected chi connectivity index (χ4v) is 2.92. The molecule has 0 spiro atoms. The van der Waals surface area contributed by atoms with Gasteiger partial charge in [-0.1, -0.05) is 63.3 Å². The number of aldehydes is 1. The van der Waals surface area contributed by atoms with E-state index in [9.17, 15) is 4.79 Å². The van der Waals surface area contributed by atoms with Crippen LogP contribution in [0.25, 0.3) is 11.1 Å². The highest BCUT2D eigenvalue weighted by atomic mass is 16.5. The highest BCUT2D eigenvalue weighted by Crippen LogP contribution is 2.23. The van der Waals surface area contributed by atoms with Crippen LogP contribution >= 0.6 is 0 Å². The summed E-state index contributed by atoms with van der Waals surface area (Å²) in [6.07, 6.45) is 8.54. The number of unbranched alkanes of at least 4 members (excludes halogenated alkanes) is 5. The molecule has 0 heterocycles. The molecule has 136 valence electrons. The van der Waals surface area contributed by atoms with Gasteiger partial charge in [-0.25, -0.2) is 0 Å². The van der Waals surface area contributed by atoms with Crippen LogP contribution in [-0.2, 0) is 4.79 Å². The minimum absolute atomic E-state index is 0.373. The molecule has 0 bridgehead atoms. The van der Waals surface area contributed by atoms with Crippen LogP contribution in [0.3, 0.4) is 0 Å².